The lowest BCUT2D eigenvalue weighted by atomic mass is 9.48. The summed E-state index contributed by atoms with van der Waals surface area (Å²) in [6.07, 6.45) is 4.32. The van der Waals surface area contributed by atoms with Crippen molar-refractivity contribution in [3.05, 3.63) is 0 Å². The Kier molecular flexibility index (Phi) is 3.27. The van der Waals surface area contributed by atoms with Crippen molar-refractivity contribution in [2.45, 2.75) is 73.3 Å². The molecule has 0 radical (unpaired) electrons. The molecule has 1 unspecified atom stereocenters. The number of hydrogen-bond donors (Lipinski definition) is 1. The van der Waals surface area contributed by atoms with Gasteiger partial charge in [0.05, 0.1) is 6.10 Å². The first kappa shape index (κ1) is 13.0. The van der Waals surface area contributed by atoms with Crippen molar-refractivity contribution < 1.29 is 5.11 Å². The topological polar surface area (TPSA) is 20.2 Å². The largest absolute Gasteiger partial charge is 0.393 e. The van der Waals surface area contributed by atoms with Crippen LogP contribution < -0.4 is 0 Å². The van der Waals surface area contributed by atoms with Gasteiger partial charge in [0.15, 0.2) is 0 Å². The standard InChI is InChI=1S/C14H28O/c1-12(2,3)14(13(4,5)6)9-7-8-11(15)10-14/h11,15H,7-10H2,1-6H3. The first-order valence-corrected chi connectivity index (χ1v) is 6.28. The van der Waals surface area contributed by atoms with Gasteiger partial charge >= 0.3 is 0 Å². The van der Waals surface area contributed by atoms with Gasteiger partial charge in [-0.2, -0.15) is 0 Å². The van der Waals surface area contributed by atoms with E-state index in [9.17, 15) is 5.11 Å². The SMILES string of the molecule is CC(C)(C)C1(C(C)(C)C)CCCC(O)C1. The number of aliphatic hydroxyl groups is 1. The van der Waals surface area contributed by atoms with E-state index in [1.165, 1.54) is 12.8 Å². The van der Waals surface area contributed by atoms with Gasteiger partial charge in [-0.1, -0.05) is 48.0 Å². The maximum atomic E-state index is 9.97. The molecular formula is C14H28O. The van der Waals surface area contributed by atoms with Crippen LogP contribution in [0.3, 0.4) is 0 Å². The van der Waals surface area contributed by atoms with Crippen LogP contribution in [0.1, 0.15) is 67.2 Å². The zero-order valence-electron chi connectivity index (χ0n) is 11.4. The molecule has 1 rings (SSSR count). The quantitative estimate of drug-likeness (QED) is 0.643. The molecule has 0 aromatic carbocycles. The summed E-state index contributed by atoms with van der Waals surface area (Å²) in [5.41, 5.74) is 0.816. The molecule has 90 valence electrons. The number of rotatable bonds is 0. The molecule has 15 heavy (non-hydrogen) atoms. The van der Waals surface area contributed by atoms with Crippen LogP contribution in [-0.4, -0.2) is 11.2 Å². The van der Waals surface area contributed by atoms with E-state index < -0.39 is 0 Å². The van der Waals surface area contributed by atoms with Crippen LogP contribution in [0.2, 0.25) is 0 Å². The third-order valence-corrected chi connectivity index (χ3v) is 4.60. The Bertz CT molecular complexity index is 202. The van der Waals surface area contributed by atoms with Crippen LogP contribution in [0, 0.1) is 16.2 Å². The van der Waals surface area contributed by atoms with Crippen molar-refractivity contribution in [3.63, 3.8) is 0 Å². The van der Waals surface area contributed by atoms with Gasteiger partial charge in [-0.05, 0) is 35.5 Å². The zero-order chi connectivity index (χ0) is 11.9. The zero-order valence-corrected chi connectivity index (χ0v) is 11.4. The monoisotopic (exact) mass is 212 g/mol. The maximum absolute atomic E-state index is 9.97. The third kappa shape index (κ3) is 2.22. The Hall–Kier alpha value is -0.0400. The van der Waals surface area contributed by atoms with Crippen molar-refractivity contribution in [1.82, 2.24) is 0 Å². The van der Waals surface area contributed by atoms with E-state index >= 15 is 0 Å². The van der Waals surface area contributed by atoms with Crippen LogP contribution in [0.25, 0.3) is 0 Å². The minimum atomic E-state index is -0.0859. The van der Waals surface area contributed by atoms with Crippen molar-refractivity contribution in [2.24, 2.45) is 16.2 Å². The first-order chi connectivity index (χ1) is 6.60. The fraction of sp³-hybridized carbons (Fsp3) is 1.00. The summed E-state index contributed by atoms with van der Waals surface area (Å²) < 4.78 is 0. The summed E-state index contributed by atoms with van der Waals surface area (Å²) in [6, 6.07) is 0. The van der Waals surface area contributed by atoms with Gasteiger partial charge in [-0.3, -0.25) is 0 Å². The van der Waals surface area contributed by atoms with Crippen LogP contribution in [0.5, 0.6) is 0 Å². The average molecular weight is 212 g/mol. The molecule has 1 heteroatoms. The van der Waals surface area contributed by atoms with E-state index in [0.29, 0.717) is 0 Å². The maximum Gasteiger partial charge on any atom is 0.0546 e. The molecule has 1 aliphatic rings. The fourth-order valence-corrected chi connectivity index (χ4v) is 3.73. The lowest BCUT2D eigenvalue weighted by Gasteiger charge is -2.57. The molecule has 1 atom stereocenters. The molecule has 0 saturated heterocycles. The van der Waals surface area contributed by atoms with E-state index in [0.717, 1.165) is 12.8 Å². The fourth-order valence-electron chi connectivity index (χ4n) is 3.73. The van der Waals surface area contributed by atoms with Crippen molar-refractivity contribution in [1.29, 1.82) is 0 Å². The summed E-state index contributed by atoms with van der Waals surface area (Å²) in [4.78, 5) is 0. The average Bonchev–Trinajstić information content (AvgIpc) is 1.99. The Labute approximate surface area is 95.3 Å². The number of aliphatic hydroxyl groups excluding tert-OH is 1. The van der Waals surface area contributed by atoms with E-state index in [1.807, 2.05) is 0 Å². The summed E-state index contributed by atoms with van der Waals surface area (Å²) in [5, 5.41) is 9.97. The molecular weight excluding hydrogens is 184 g/mol. The van der Waals surface area contributed by atoms with Gasteiger partial charge in [-0.15, -0.1) is 0 Å². The van der Waals surface area contributed by atoms with E-state index in [2.05, 4.69) is 41.5 Å². The van der Waals surface area contributed by atoms with Gasteiger partial charge in [0.1, 0.15) is 0 Å². The van der Waals surface area contributed by atoms with Gasteiger partial charge in [0, 0.05) is 0 Å². The summed E-state index contributed by atoms with van der Waals surface area (Å²) in [6.45, 7) is 14.0. The molecule has 0 bridgehead atoms. The molecule has 1 saturated carbocycles. The predicted molar refractivity (Wildman–Crippen MR) is 65.8 cm³/mol. The van der Waals surface area contributed by atoms with Crippen molar-refractivity contribution in [2.75, 3.05) is 0 Å². The highest BCUT2D eigenvalue weighted by Gasteiger charge is 2.51. The Morgan fingerprint density at radius 2 is 1.47 bits per heavy atom. The van der Waals surface area contributed by atoms with Crippen LogP contribution in [0.4, 0.5) is 0 Å². The molecule has 0 amide bonds. The van der Waals surface area contributed by atoms with Crippen LogP contribution in [-0.2, 0) is 0 Å². The minimum Gasteiger partial charge on any atom is -0.393 e. The van der Waals surface area contributed by atoms with Gasteiger partial charge in [0.2, 0.25) is 0 Å². The van der Waals surface area contributed by atoms with Gasteiger partial charge in [-0.25, -0.2) is 0 Å². The van der Waals surface area contributed by atoms with Crippen molar-refractivity contribution >= 4 is 0 Å². The Morgan fingerprint density at radius 3 is 1.73 bits per heavy atom. The molecule has 0 aromatic rings. The first-order valence-electron chi connectivity index (χ1n) is 6.28. The van der Waals surface area contributed by atoms with Crippen LogP contribution >= 0.6 is 0 Å². The molecule has 1 fully saturated rings. The van der Waals surface area contributed by atoms with Gasteiger partial charge in [0.25, 0.3) is 0 Å². The number of hydrogen-bond acceptors (Lipinski definition) is 1. The third-order valence-electron chi connectivity index (χ3n) is 4.60. The van der Waals surface area contributed by atoms with E-state index in [4.69, 9.17) is 0 Å². The molecule has 0 aliphatic heterocycles. The highest BCUT2D eigenvalue weighted by Crippen LogP contribution is 2.59. The Morgan fingerprint density at radius 1 is 1.00 bits per heavy atom. The lowest BCUT2D eigenvalue weighted by Crippen LogP contribution is -2.50. The second-order valence-corrected chi connectivity index (χ2v) is 7.33. The van der Waals surface area contributed by atoms with E-state index in [1.54, 1.807) is 0 Å². The molecule has 1 aliphatic carbocycles. The highest BCUT2D eigenvalue weighted by atomic mass is 16.3. The lowest BCUT2D eigenvalue weighted by molar-refractivity contribution is -0.0997. The highest BCUT2D eigenvalue weighted by molar-refractivity contribution is 5.01. The molecule has 0 heterocycles. The second-order valence-electron chi connectivity index (χ2n) is 7.33. The Balaban J connectivity index is 3.07. The normalized spacial score (nSPS) is 27.8. The summed E-state index contributed by atoms with van der Waals surface area (Å²) in [7, 11) is 0. The molecule has 0 aromatic heterocycles. The smallest absolute Gasteiger partial charge is 0.0546 e. The van der Waals surface area contributed by atoms with Crippen molar-refractivity contribution in [3.8, 4) is 0 Å². The molecule has 1 nitrogen and oxygen atoms in total. The molecule has 1 N–H and O–H groups in total. The second kappa shape index (κ2) is 3.76. The molecule has 0 spiro atoms. The minimum absolute atomic E-state index is 0.0859. The van der Waals surface area contributed by atoms with E-state index in [-0.39, 0.29) is 22.3 Å². The predicted octanol–water partition coefficient (Wildman–Crippen LogP) is 4.00. The van der Waals surface area contributed by atoms with Crippen LogP contribution in [0.15, 0.2) is 0 Å². The summed E-state index contributed by atoms with van der Waals surface area (Å²) in [5.74, 6) is 0. The summed E-state index contributed by atoms with van der Waals surface area (Å²) >= 11 is 0. The van der Waals surface area contributed by atoms with Gasteiger partial charge < -0.3 is 5.11 Å².